The molecule has 0 saturated carbocycles. The quantitative estimate of drug-likeness (QED) is 0.893. The molecule has 1 aliphatic heterocycles. The highest BCUT2D eigenvalue weighted by Crippen LogP contribution is 2.26. The van der Waals surface area contributed by atoms with E-state index in [0.29, 0.717) is 18.1 Å². The molecule has 0 amide bonds. The van der Waals surface area contributed by atoms with Crippen molar-refractivity contribution >= 4 is 11.6 Å². The van der Waals surface area contributed by atoms with Gasteiger partial charge in [0, 0.05) is 23.7 Å². The maximum absolute atomic E-state index is 6.25. The molecule has 0 radical (unpaired) electrons. The zero-order valence-electron chi connectivity index (χ0n) is 12.0. The molecule has 0 aliphatic carbocycles. The highest BCUT2D eigenvalue weighted by Gasteiger charge is 2.26. The topological polar surface area (TPSA) is 21.3 Å². The van der Waals surface area contributed by atoms with Crippen LogP contribution in [0, 0.1) is 5.92 Å². The first kappa shape index (κ1) is 14.8. The van der Waals surface area contributed by atoms with Crippen LogP contribution < -0.4 is 5.32 Å². The van der Waals surface area contributed by atoms with Gasteiger partial charge in [0.1, 0.15) is 0 Å². The first-order chi connectivity index (χ1) is 9.08. The van der Waals surface area contributed by atoms with E-state index >= 15 is 0 Å². The van der Waals surface area contributed by atoms with Gasteiger partial charge in [-0.15, -0.1) is 0 Å². The Hall–Kier alpha value is -0.570. The summed E-state index contributed by atoms with van der Waals surface area (Å²) in [5.41, 5.74) is 1.18. The molecular weight excluding hydrogens is 258 g/mol. The molecule has 1 saturated heterocycles. The van der Waals surface area contributed by atoms with Crippen molar-refractivity contribution in [1.82, 2.24) is 5.32 Å². The van der Waals surface area contributed by atoms with Crippen molar-refractivity contribution in [2.75, 3.05) is 6.61 Å². The lowest BCUT2D eigenvalue weighted by molar-refractivity contribution is -0.0256. The Kier molecular flexibility index (Phi) is 5.26. The van der Waals surface area contributed by atoms with Gasteiger partial charge in [0.05, 0.1) is 6.10 Å². The van der Waals surface area contributed by atoms with E-state index < -0.39 is 0 Å². The number of halogens is 1. The van der Waals surface area contributed by atoms with Gasteiger partial charge in [-0.1, -0.05) is 43.6 Å². The molecule has 1 aromatic carbocycles. The molecule has 3 heteroatoms. The summed E-state index contributed by atoms with van der Waals surface area (Å²) in [5.74, 6) is 0.584. The van der Waals surface area contributed by atoms with Crippen LogP contribution in [0.2, 0.25) is 5.02 Å². The molecule has 19 heavy (non-hydrogen) atoms. The summed E-state index contributed by atoms with van der Waals surface area (Å²) < 4.78 is 5.81. The Labute approximate surface area is 121 Å². The zero-order chi connectivity index (χ0) is 13.8. The van der Waals surface area contributed by atoms with Crippen LogP contribution in [0.25, 0.3) is 0 Å². The van der Waals surface area contributed by atoms with Gasteiger partial charge in [0.15, 0.2) is 0 Å². The van der Waals surface area contributed by atoms with E-state index in [0.717, 1.165) is 24.5 Å². The minimum Gasteiger partial charge on any atom is -0.378 e. The van der Waals surface area contributed by atoms with E-state index in [4.69, 9.17) is 16.3 Å². The second-order valence-corrected chi connectivity index (χ2v) is 6.19. The van der Waals surface area contributed by atoms with Gasteiger partial charge in [0.25, 0.3) is 0 Å². The summed E-state index contributed by atoms with van der Waals surface area (Å²) in [6.07, 6.45) is 2.55. The van der Waals surface area contributed by atoms with Gasteiger partial charge in [-0.2, -0.15) is 0 Å². The molecule has 1 aliphatic rings. The molecule has 1 heterocycles. The third kappa shape index (κ3) is 3.95. The molecule has 0 aromatic heterocycles. The SMILES string of the molecule is CC(NC1CCOC(C(C)C)C1)c1ccccc1Cl. The molecule has 1 fully saturated rings. The Morgan fingerprint density at radius 3 is 2.68 bits per heavy atom. The predicted molar refractivity (Wildman–Crippen MR) is 80.6 cm³/mol. The fourth-order valence-corrected chi connectivity index (χ4v) is 3.01. The second kappa shape index (κ2) is 6.74. The number of hydrogen-bond acceptors (Lipinski definition) is 2. The van der Waals surface area contributed by atoms with Crippen molar-refractivity contribution in [3.8, 4) is 0 Å². The first-order valence-corrected chi connectivity index (χ1v) is 7.57. The van der Waals surface area contributed by atoms with Crippen LogP contribution in [-0.2, 0) is 4.74 Å². The number of rotatable bonds is 4. The standard InChI is InChI=1S/C16H24ClNO/c1-11(2)16-10-13(8-9-19-16)18-12(3)14-6-4-5-7-15(14)17/h4-7,11-13,16,18H,8-10H2,1-3H3. The highest BCUT2D eigenvalue weighted by molar-refractivity contribution is 6.31. The summed E-state index contributed by atoms with van der Waals surface area (Å²) in [7, 11) is 0. The Bertz CT molecular complexity index is 407. The molecular formula is C16H24ClNO. The third-order valence-electron chi connectivity index (χ3n) is 3.92. The van der Waals surface area contributed by atoms with Gasteiger partial charge in [-0.05, 0) is 37.3 Å². The van der Waals surface area contributed by atoms with E-state index in [1.165, 1.54) is 5.56 Å². The molecule has 2 nitrogen and oxygen atoms in total. The van der Waals surface area contributed by atoms with Crippen molar-refractivity contribution in [3.05, 3.63) is 34.9 Å². The second-order valence-electron chi connectivity index (χ2n) is 5.78. The molecule has 106 valence electrons. The van der Waals surface area contributed by atoms with Gasteiger partial charge in [-0.3, -0.25) is 0 Å². The molecule has 0 bridgehead atoms. The van der Waals surface area contributed by atoms with Crippen LogP contribution in [0.3, 0.4) is 0 Å². The normalized spacial score (nSPS) is 25.5. The van der Waals surface area contributed by atoms with Gasteiger partial charge in [-0.25, -0.2) is 0 Å². The maximum Gasteiger partial charge on any atom is 0.0612 e. The molecule has 1 aromatic rings. The largest absolute Gasteiger partial charge is 0.378 e. The minimum absolute atomic E-state index is 0.282. The lowest BCUT2D eigenvalue weighted by Crippen LogP contribution is -2.41. The number of benzene rings is 1. The summed E-state index contributed by atoms with van der Waals surface area (Å²) >= 11 is 6.25. The summed E-state index contributed by atoms with van der Waals surface area (Å²) in [4.78, 5) is 0. The Morgan fingerprint density at radius 1 is 1.26 bits per heavy atom. The molecule has 0 spiro atoms. The molecule has 1 N–H and O–H groups in total. The van der Waals surface area contributed by atoms with Crippen molar-refractivity contribution in [2.24, 2.45) is 5.92 Å². The third-order valence-corrected chi connectivity index (χ3v) is 4.26. The van der Waals surface area contributed by atoms with Crippen molar-refractivity contribution in [3.63, 3.8) is 0 Å². The van der Waals surface area contributed by atoms with Gasteiger partial charge in [0.2, 0.25) is 0 Å². The average molecular weight is 282 g/mol. The van der Waals surface area contributed by atoms with Crippen molar-refractivity contribution < 1.29 is 4.74 Å². The van der Waals surface area contributed by atoms with E-state index in [2.05, 4.69) is 32.2 Å². The number of nitrogens with one attached hydrogen (secondary N) is 1. The van der Waals surface area contributed by atoms with Crippen molar-refractivity contribution in [2.45, 2.75) is 51.8 Å². The molecule has 3 unspecified atom stereocenters. The van der Waals surface area contributed by atoms with E-state index in [-0.39, 0.29) is 6.04 Å². The Balaban J connectivity index is 1.95. The maximum atomic E-state index is 6.25. The first-order valence-electron chi connectivity index (χ1n) is 7.20. The van der Waals surface area contributed by atoms with Crippen LogP contribution in [-0.4, -0.2) is 18.8 Å². The predicted octanol–water partition coefficient (Wildman–Crippen LogP) is 4.19. The number of ether oxygens (including phenoxy) is 1. The van der Waals surface area contributed by atoms with Gasteiger partial charge >= 0.3 is 0 Å². The fourth-order valence-electron chi connectivity index (χ4n) is 2.71. The summed E-state index contributed by atoms with van der Waals surface area (Å²) in [6, 6.07) is 8.87. The summed E-state index contributed by atoms with van der Waals surface area (Å²) in [5, 5.41) is 4.54. The van der Waals surface area contributed by atoms with Crippen LogP contribution in [0.1, 0.15) is 45.2 Å². The molecule has 2 rings (SSSR count). The lowest BCUT2D eigenvalue weighted by Gasteiger charge is -2.34. The van der Waals surface area contributed by atoms with E-state index in [9.17, 15) is 0 Å². The average Bonchev–Trinajstić information content (AvgIpc) is 2.39. The highest BCUT2D eigenvalue weighted by atomic mass is 35.5. The summed E-state index contributed by atoms with van der Waals surface area (Å²) in [6.45, 7) is 7.49. The van der Waals surface area contributed by atoms with Crippen LogP contribution >= 0.6 is 11.6 Å². The van der Waals surface area contributed by atoms with Crippen LogP contribution in [0.4, 0.5) is 0 Å². The molecule has 3 atom stereocenters. The fraction of sp³-hybridized carbons (Fsp3) is 0.625. The van der Waals surface area contributed by atoms with E-state index in [1.54, 1.807) is 0 Å². The Morgan fingerprint density at radius 2 is 2.00 bits per heavy atom. The number of hydrogen-bond donors (Lipinski definition) is 1. The van der Waals surface area contributed by atoms with Crippen LogP contribution in [0.15, 0.2) is 24.3 Å². The van der Waals surface area contributed by atoms with Gasteiger partial charge < -0.3 is 10.1 Å². The zero-order valence-corrected chi connectivity index (χ0v) is 12.8. The minimum atomic E-state index is 0.282. The van der Waals surface area contributed by atoms with Crippen LogP contribution in [0.5, 0.6) is 0 Å². The van der Waals surface area contributed by atoms with E-state index in [1.807, 2.05) is 18.2 Å². The van der Waals surface area contributed by atoms with Crippen molar-refractivity contribution in [1.29, 1.82) is 0 Å². The smallest absolute Gasteiger partial charge is 0.0612 e. The monoisotopic (exact) mass is 281 g/mol. The lowest BCUT2D eigenvalue weighted by atomic mass is 9.94.